The van der Waals surface area contributed by atoms with Gasteiger partial charge in [-0.2, -0.15) is 0 Å². The van der Waals surface area contributed by atoms with Gasteiger partial charge in [-0.3, -0.25) is 0 Å². The van der Waals surface area contributed by atoms with E-state index < -0.39 is 215 Å². The van der Waals surface area contributed by atoms with Gasteiger partial charge in [0.2, 0.25) is 0 Å². The maximum absolute atomic E-state index is 12.9. The van der Waals surface area contributed by atoms with Gasteiger partial charge in [0.1, 0.15) is 122 Å². The van der Waals surface area contributed by atoms with Gasteiger partial charge in [0.05, 0.1) is 58.0 Å². The maximum Gasteiger partial charge on any atom is 0.187 e. The van der Waals surface area contributed by atoms with E-state index in [2.05, 4.69) is 33.8 Å². The zero-order chi connectivity index (χ0) is 61.1. The number of hydrogen-bond donors (Lipinski definition) is 17. The molecule has 11 rings (SSSR count). The van der Waals surface area contributed by atoms with Crippen LogP contribution in [-0.4, -0.2) is 304 Å². The van der Waals surface area contributed by atoms with Gasteiger partial charge >= 0.3 is 0 Å². The van der Waals surface area contributed by atoms with Crippen molar-refractivity contribution in [3.63, 3.8) is 0 Å². The Morgan fingerprint density at radius 1 is 0.529 bits per heavy atom. The first-order valence-corrected chi connectivity index (χ1v) is 30.1. The van der Waals surface area contributed by atoms with Crippen LogP contribution in [0, 0.1) is 40.4 Å². The monoisotopic (exact) mass is 1230 g/mol. The van der Waals surface area contributed by atoms with E-state index in [4.69, 9.17) is 56.8 Å². The average Bonchev–Trinajstić information content (AvgIpc) is 1.72. The van der Waals surface area contributed by atoms with Crippen molar-refractivity contribution in [3.05, 3.63) is 11.6 Å². The molecular formula is C56H90O29. The minimum absolute atomic E-state index is 0.142. The summed E-state index contributed by atoms with van der Waals surface area (Å²) in [6.45, 7) is 4.82. The fraction of sp³-hybridized carbons (Fsp3) is 0.964. The summed E-state index contributed by atoms with van der Waals surface area (Å²) in [5.41, 5.74) is -0.927. The van der Waals surface area contributed by atoms with Crippen LogP contribution in [0.1, 0.15) is 79.1 Å². The van der Waals surface area contributed by atoms with Crippen LogP contribution in [0.15, 0.2) is 11.6 Å². The predicted molar refractivity (Wildman–Crippen MR) is 278 cm³/mol. The third-order valence-corrected chi connectivity index (χ3v) is 21.8. The van der Waals surface area contributed by atoms with Crippen molar-refractivity contribution in [1.82, 2.24) is 0 Å². The van der Waals surface area contributed by atoms with Crippen LogP contribution in [0.4, 0.5) is 0 Å². The summed E-state index contributed by atoms with van der Waals surface area (Å²) in [6, 6.07) is 0. The van der Waals surface area contributed by atoms with Crippen LogP contribution in [0.3, 0.4) is 0 Å². The molecule has 0 amide bonds. The highest BCUT2D eigenvalue weighted by molar-refractivity contribution is 5.30. The Morgan fingerprint density at radius 3 is 1.75 bits per heavy atom. The van der Waals surface area contributed by atoms with E-state index in [-0.39, 0.29) is 42.6 Å². The lowest BCUT2D eigenvalue weighted by atomic mass is 9.46. The van der Waals surface area contributed by atoms with Crippen LogP contribution in [0.25, 0.3) is 0 Å². The van der Waals surface area contributed by atoms with Crippen LogP contribution in [0.2, 0.25) is 0 Å². The molecular weight excluding hydrogens is 1140 g/mol. The van der Waals surface area contributed by atoms with E-state index >= 15 is 0 Å². The smallest absolute Gasteiger partial charge is 0.187 e. The fourth-order valence-electron chi connectivity index (χ4n) is 16.7. The molecule has 1 spiro atoms. The number of fused-ring (bicyclic) bond motifs is 7. The third-order valence-electron chi connectivity index (χ3n) is 21.8. The molecule has 85 heavy (non-hydrogen) atoms. The van der Waals surface area contributed by atoms with Crippen LogP contribution < -0.4 is 0 Å². The minimum atomic E-state index is -2.22. The Kier molecular flexibility index (Phi) is 19.1. The molecule has 0 aromatic rings. The summed E-state index contributed by atoms with van der Waals surface area (Å²) in [5.74, 6) is -0.130. The fourth-order valence-corrected chi connectivity index (χ4v) is 16.7. The lowest BCUT2D eigenvalue weighted by Crippen LogP contribution is -2.69. The Morgan fingerprint density at radius 2 is 1.09 bits per heavy atom. The lowest BCUT2D eigenvalue weighted by molar-refractivity contribution is -0.409. The molecule has 29 heteroatoms. The molecule has 7 aliphatic heterocycles. The lowest BCUT2D eigenvalue weighted by Gasteiger charge is -2.60. The van der Waals surface area contributed by atoms with Crippen molar-refractivity contribution in [2.24, 2.45) is 40.4 Å². The van der Waals surface area contributed by atoms with Crippen molar-refractivity contribution < 1.29 is 144 Å². The second-order valence-electron chi connectivity index (χ2n) is 26.5. The van der Waals surface area contributed by atoms with Gasteiger partial charge in [0.25, 0.3) is 0 Å². The van der Waals surface area contributed by atoms with Gasteiger partial charge in [-0.05, 0) is 74.0 Å². The van der Waals surface area contributed by atoms with E-state index in [1.807, 2.05) is 0 Å². The Balaban J connectivity index is 0.806. The average molecular weight is 1230 g/mol. The summed E-state index contributed by atoms with van der Waals surface area (Å²) < 4.78 is 72.6. The predicted octanol–water partition coefficient (Wildman–Crippen LogP) is -6.44. The third kappa shape index (κ3) is 10.9. The summed E-state index contributed by atoms with van der Waals surface area (Å²) in [7, 11) is 0. The highest BCUT2D eigenvalue weighted by atomic mass is 16.8. The summed E-state index contributed by atoms with van der Waals surface area (Å²) in [5, 5.41) is 189. The first-order valence-electron chi connectivity index (χ1n) is 30.1. The molecule has 11 aliphatic rings. The number of hydrogen-bond acceptors (Lipinski definition) is 29. The van der Waals surface area contributed by atoms with Gasteiger partial charge in [-0.15, -0.1) is 0 Å². The zero-order valence-electron chi connectivity index (χ0n) is 48.0. The highest BCUT2D eigenvalue weighted by Gasteiger charge is 2.76. The van der Waals surface area contributed by atoms with E-state index in [1.54, 1.807) is 0 Å². The van der Waals surface area contributed by atoms with Crippen molar-refractivity contribution in [2.75, 3.05) is 39.6 Å². The Hall–Kier alpha value is -1.42. The molecule has 0 bridgehead atoms. The number of aliphatic hydroxyl groups is 17. The van der Waals surface area contributed by atoms with Gasteiger partial charge in [-0.1, -0.05) is 39.3 Å². The number of ether oxygens (including phenoxy) is 12. The van der Waals surface area contributed by atoms with Gasteiger partial charge in [-0.25, -0.2) is 0 Å². The standard InChI is InChI=1S/C56H90O29/c1-20-7-10-55(75-18-20)21(2)56(73)33(85-55)12-25-23-6-5-22-11-28(26(61)13-53(22,3)24(23)8-9-54(25,56)4)76-49-42(71)39(68)44(32(17-60)80-49)81-52-47(46(37(66)31(16-59)79-52)83-48-40(69)34(63)27(62)19-74-48)84-51-43(72)45(36(65)30(15-58)78-51)82-50-41(70)38(67)35(64)29(14-57)77-50/h5,20-21,23-52,57-73H,6-19H2,1-4H3/t20-,21-,23-,24+,25+,26-,27-,28-,29-,30-,31-,32-,33+,34+,35-,36-,37-,38+,39-,40-,41-,42-,43-,44+,45+,46+,47-,48+,49-,50+,51+,52+,53+,54+,55-,56-/m1/s1. The Labute approximate surface area is 490 Å². The molecule has 36 atom stereocenters. The number of rotatable bonds is 14. The minimum Gasteiger partial charge on any atom is -0.394 e. The Bertz CT molecular complexity index is 2300. The van der Waals surface area contributed by atoms with E-state index in [1.165, 1.54) is 0 Å². The largest absolute Gasteiger partial charge is 0.394 e. The first-order chi connectivity index (χ1) is 40.3. The summed E-state index contributed by atoms with van der Waals surface area (Å²) in [4.78, 5) is 0. The van der Waals surface area contributed by atoms with E-state index in [0.717, 1.165) is 37.7 Å². The molecule has 488 valence electrons. The highest BCUT2D eigenvalue weighted by Crippen LogP contribution is 2.72. The SMILES string of the molecule is C[C@@H]1CC[C@@]2(OC1)O[C@H]1C[C@H]3[C@@H]4CC=C5C[C@@H](O[C@@H]6O[C@H](CO)[C@H](O[C@@H]7O[C@H](CO)[C@@H](O)[C@H](O[C@@H]8OC[C@@H](O)[C@H](O)[C@H]8O)[C@H]7O[C@@H]7O[C@H](CO)[C@@H](O)[C@H](O[C@@H]8O[C@H](CO)[C@@H](O)[C@H](O)[C@H]8O)[C@H]7O)[C@H](O)[C@H]6O)[C@H](O)C[C@]5(C)[C@H]4CC[C@]3(C)[C@@]1(O)[C@@H]2C. The van der Waals surface area contributed by atoms with Crippen LogP contribution in [0.5, 0.6) is 0 Å². The molecule has 0 radical (unpaired) electrons. The first kappa shape index (κ1) is 65.1. The molecule has 29 nitrogen and oxygen atoms in total. The molecule has 4 aliphatic carbocycles. The van der Waals surface area contributed by atoms with Crippen molar-refractivity contribution in [1.29, 1.82) is 0 Å². The van der Waals surface area contributed by atoms with Gasteiger partial charge < -0.3 is 144 Å². The van der Waals surface area contributed by atoms with Crippen molar-refractivity contribution in [2.45, 2.75) is 256 Å². The van der Waals surface area contributed by atoms with Crippen LogP contribution >= 0.6 is 0 Å². The molecule has 3 saturated carbocycles. The second kappa shape index (κ2) is 24.9. The molecule has 7 saturated heterocycles. The summed E-state index contributed by atoms with van der Waals surface area (Å²) in [6.07, 6.45) is -40.6. The van der Waals surface area contributed by atoms with Gasteiger partial charge in [0.15, 0.2) is 37.2 Å². The second-order valence-corrected chi connectivity index (χ2v) is 26.5. The molecule has 0 unspecified atom stereocenters. The molecule has 17 N–H and O–H groups in total. The molecule has 10 fully saturated rings. The van der Waals surface area contributed by atoms with E-state index in [9.17, 15) is 86.8 Å². The quantitative estimate of drug-likeness (QED) is 0.0719. The topological polar surface area (TPSA) is 455 Å². The van der Waals surface area contributed by atoms with Gasteiger partial charge in [0, 0.05) is 17.8 Å². The maximum atomic E-state index is 12.9. The molecule has 7 heterocycles. The van der Waals surface area contributed by atoms with Crippen molar-refractivity contribution in [3.8, 4) is 0 Å². The van der Waals surface area contributed by atoms with Crippen LogP contribution in [-0.2, 0) is 56.8 Å². The number of aliphatic hydroxyl groups excluding tert-OH is 16. The molecule has 0 aromatic carbocycles. The van der Waals surface area contributed by atoms with E-state index in [0.29, 0.717) is 18.9 Å². The number of allylic oxidation sites excluding steroid dienone is 1. The van der Waals surface area contributed by atoms with Crippen molar-refractivity contribution >= 4 is 0 Å². The zero-order valence-corrected chi connectivity index (χ0v) is 48.0. The summed E-state index contributed by atoms with van der Waals surface area (Å²) >= 11 is 0. The normalized spacial score (nSPS) is 57.1. The molecule has 0 aromatic heterocycles.